The lowest BCUT2D eigenvalue weighted by Crippen LogP contribution is -2.36. The highest BCUT2D eigenvalue weighted by Gasteiger charge is 2.27. The van der Waals surface area contributed by atoms with Gasteiger partial charge in [-0.3, -0.25) is 9.59 Å². The third kappa shape index (κ3) is 5.17. The largest absolute Gasteiger partial charge is 0.371 e. The molecule has 0 bridgehead atoms. The summed E-state index contributed by atoms with van der Waals surface area (Å²) >= 11 is 1.41. The van der Waals surface area contributed by atoms with Crippen molar-refractivity contribution in [3.05, 3.63) is 82.0 Å². The van der Waals surface area contributed by atoms with Crippen molar-refractivity contribution in [3.8, 4) is 0 Å². The summed E-state index contributed by atoms with van der Waals surface area (Å²) in [6.45, 7) is 3.50. The quantitative estimate of drug-likeness (QED) is 0.500. The normalized spacial score (nSPS) is 16.6. The van der Waals surface area contributed by atoms with Gasteiger partial charge in [0.25, 0.3) is 11.8 Å². The number of carbonyl (C=O) groups is 2. The molecule has 2 aliphatic rings. The second-order valence-corrected chi connectivity index (χ2v) is 10.2. The van der Waals surface area contributed by atoms with Gasteiger partial charge in [0, 0.05) is 37.6 Å². The average Bonchev–Trinajstić information content (AvgIpc) is 3.60. The number of nitrogens with zero attached hydrogens (tertiary/aromatic N) is 2. The van der Waals surface area contributed by atoms with E-state index in [1.807, 2.05) is 40.6 Å². The van der Waals surface area contributed by atoms with E-state index in [0.717, 1.165) is 64.0 Å². The molecule has 3 aromatic rings. The van der Waals surface area contributed by atoms with Gasteiger partial charge in [-0.2, -0.15) is 0 Å². The number of hydrogen-bond donors (Lipinski definition) is 1. The molecule has 2 fully saturated rings. The smallest absolute Gasteiger partial charge is 0.265 e. The molecular formula is C28H31N3O2S. The number of benzene rings is 2. The molecule has 1 aromatic heterocycles. The van der Waals surface area contributed by atoms with Crippen molar-refractivity contribution in [1.82, 2.24) is 4.90 Å². The minimum atomic E-state index is -0.135. The van der Waals surface area contributed by atoms with Gasteiger partial charge in [-0.15, -0.1) is 11.3 Å². The van der Waals surface area contributed by atoms with E-state index in [1.54, 1.807) is 0 Å². The molecular weight excluding hydrogens is 442 g/mol. The molecule has 0 spiro atoms. The molecule has 34 heavy (non-hydrogen) atoms. The maximum atomic E-state index is 13.5. The van der Waals surface area contributed by atoms with Gasteiger partial charge in [-0.05, 0) is 73.2 Å². The summed E-state index contributed by atoms with van der Waals surface area (Å²) in [5.41, 5.74) is 3.76. The van der Waals surface area contributed by atoms with Crippen LogP contribution < -0.4 is 10.2 Å². The second kappa shape index (κ2) is 10.4. The van der Waals surface area contributed by atoms with Crippen LogP contribution in [0.2, 0.25) is 0 Å². The number of thiophene rings is 1. The zero-order valence-electron chi connectivity index (χ0n) is 19.4. The van der Waals surface area contributed by atoms with Crippen LogP contribution in [0.4, 0.5) is 11.4 Å². The molecule has 0 saturated carbocycles. The fraction of sp³-hybridized carbons (Fsp3) is 0.357. The summed E-state index contributed by atoms with van der Waals surface area (Å²) in [6, 6.07) is 20.2. The standard InChI is InChI=1S/C28H31N3O2S/c32-27(26-9-6-18-34-26)29-23-10-11-25(24(20-23)28(33)31-14-4-5-15-31)30-16-12-22(13-17-30)19-21-7-2-1-3-8-21/h1-3,6-11,18,20,22H,4-5,12-17,19H2,(H,29,32). The predicted molar refractivity (Wildman–Crippen MR) is 139 cm³/mol. The van der Waals surface area contributed by atoms with Crippen LogP contribution in [-0.2, 0) is 6.42 Å². The summed E-state index contributed by atoms with van der Waals surface area (Å²) in [4.78, 5) is 31.0. The van der Waals surface area contributed by atoms with E-state index in [1.165, 1.54) is 16.9 Å². The monoisotopic (exact) mass is 473 g/mol. The maximum absolute atomic E-state index is 13.5. The van der Waals surface area contributed by atoms with Crippen molar-refractivity contribution in [2.24, 2.45) is 5.92 Å². The van der Waals surface area contributed by atoms with Gasteiger partial charge in [0.1, 0.15) is 0 Å². The van der Waals surface area contributed by atoms with E-state index >= 15 is 0 Å². The number of anilines is 2. The van der Waals surface area contributed by atoms with Gasteiger partial charge in [0.05, 0.1) is 10.4 Å². The lowest BCUT2D eigenvalue weighted by molar-refractivity contribution is 0.0793. The number of likely N-dealkylation sites (tertiary alicyclic amines) is 1. The Balaban J connectivity index is 1.33. The molecule has 0 aliphatic carbocycles. The molecule has 5 rings (SSSR count). The Hall–Kier alpha value is -3.12. The summed E-state index contributed by atoms with van der Waals surface area (Å²) in [5, 5.41) is 4.87. The number of amides is 2. The minimum absolute atomic E-state index is 0.0751. The van der Waals surface area contributed by atoms with Crippen molar-refractivity contribution in [1.29, 1.82) is 0 Å². The van der Waals surface area contributed by atoms with Gasteiger partial charge in [-0.1, -0.05) is 36.4 Å². The Bertz CT molecular complexity index is 1120. The zero-order valence-corrected chi connectivity index (χ0v) is 20.2. The Morgan fingerprint density at radius 1 is 0.912 bits per heavy atom. The first-order chi connectivity index (χ1) is 16.7. The van der Waals surface area contributed by atoms with Crippen LogP contribution in [-0.4, -0.2) is 42.9 Å². The lowest BCUT2D eigenvalue weighted by atomic mass is 9.89. The van der Waals surface area contributed by atoms with E-state index in [2.05, 4.69) is 40.5 Å². The SMILES string of the molecule is O=C(Nc1ccc(N2CCC(Cc3ccccc3)CC2)c(C(=O)N2CCCC2)c1)c1cccs1. The number of hydrogen-bond acceptors (Lipinski definition) is 4. The van der Waals surface area contributed by atoms with Crippen molar-refractivity contribution in [3.63, 3.8) is 0 Å². The van der Waals surface area contributed by atoms with Crippen LogP contribution in [0.5, 0.6) is 0 Å². The van der Waals surface area contributed by atoms with Crippen LogP contribution >= 0.6 is 11.3 Å². The third-order valence-electron chi connectivity index (χ3n) is 6.95. The Kier molecular flexibility index (Phi) is 6.95. The van der Waals surface area contributed by atoms with E-state index < -0.39 is 0 Å². The summed E-state index contributed by atoms with van der Waals surface area (Å²) < 4.78 is 0. The Morgan fingerprint density at radius 2 is 1.68 bits per heavy atom. The maximum Gasteiger partial charge on any atom is 0.265 e. The molecule has 2 aromatic carbocycles. The molecule has 3 heterocycles. The summed E-state index contributed by atoms with van der Waals surface area (Å²) in [6.07, 6.45) is 5.45. The van der Waals surface area contributed by atoms with Crippen molar-refractivity contribution >= 4 is 34.5 Å². The highest BCUT2D eigenvalue weighted by Crippen LogP contribution is 2.31. The molecule has 0 radical (unpaired) electrons. The molecule has 5 nitrogen and oxygen atoms in total. The van der Waals surface area contributed by atoms with E-state index in [9.17, 15) is 9.59 Å². The van der Waals surface area contributed by atoms with Gasteiger partial charge in [0.2, 0.25) is 0 Å². The number of nitrogens with one attached hydrogen (secondary N) is 1. The van der Waals surface area contributed by atoms with E-state index in [0.29, 0.717) is 22.0 Å². The minimum Gasteiger partial charge on any atom is -0.371 e. The summed E-state index contributed by atoms with van der Waals surface area (Å²) in [5.74, 6) is 0.607. The first-order valence-electron chi connectivity index (χ1n) is 12.2. The lowest BCUT2D eigenvalue weighted by Gasteiger charge is -2.35. The van der Waals surface area contributed by atoms with Gasteiger partial charge in [0.15, 0.2) is 0 Å². The van der Waals surface area contributed by atoms with Crippen LogP contribution in [0.15, 0.2) is 66.0 Å². The molecule has 2 saturated heterocycles. The summed E-state index contributed by atoms with van der Waals surface area (Å²) in [7, 11) is 0. The fourth-order valence-corrected chi connectivity index (χ4v) is 5.70. The molecule has 1 N–H and O–H groups in total. The van der Waals surface area contributed by atoms with Gasteiger partial charge < -0.3 is 15.1 Å². The predicted octanol–water partition coefficient (Wildman–Crippen LogP) is 5.70. The highest BCUT2D eigenvalue weighted by molar-refractivity contribution is 7.12. The van der Waals surface area contributed by atoms with Crippen molar-refractivity contribution < 1.29 is 9.59 Å². The number of piperidine rings is 1. The first-order valence-corrected chi connectivity index (χ1v) is 13.1. The second-order valence-electron chi connectivity index (χ2n) is 9.28. The third-order valence-corrected chi connectivity index (χ3v) is 7.81. The first kappa shape index (κ1) is 22.7. The Morgan fingerprint density at radius 3 is 2.38 bits per heavy atom. The van der Waals surface area contributed by atoms with Crippen LogP contribution in [0.1, 0.15) is 51.3 Å². The molecule has 176 valence electrons. The molecule has 0 atom stereocenters. The number of rotatable bonds is 6. The average molecular weight is 474 g/mol. The molecule has 0 unspecified atom stereocenters. The van der Waals surface area contributed by atoms with Crippen LogP contribution in [0.25, 0.3) is 0 Å². The van der Waals surface area contributed by atoms with Crippen molar-refractivity contribution in [2.75, 3.05) is 36.4 Å². The number of carbonyl (C=O) groups excluding carboxylic acids is 2. The zero-order chi connectivity index (χ0) is 23.3. The van der Waals surface area contributed by atoms with Crippen molar-refractivity contribution in [2.45, 2.75) is 32.1 Å². The van der Waals surface area contributed by atoms with E-state index in [4.69, 9.17) is 0 Å². The molecule has 2 amide bonds. The fourth-order valence-electron chi connectivity index (χ4n) is 5.08. The molecule has 6 heteroatoms. The van der Waals surface area contributed by atoms with Crippen LogP contribution in [0.3, 0.4) is 0 Å². The Labute approximate surface area is 205 Å². The molecule has 2 aliphatic heterocycles. The van der Waals surface area contributed by atoms with Gasteiger partial charge >= 0.3 is 0 Å². The van der Waals surface area contributed by atoms with Crippen LogP contribution in [0, 0.1) is 5.92 Å². The topological polar surface area (TPSA) is 52.7 Å². The highest BCUT2D eigenvalue weighted by atomic mass is 32.1. The van der Waals surface area contributed by atoms with Gasteiger partial charge in [-0.25, -0.2) is 0 Å². The van der Waals surface area contributed by atoms with E-state index in [-0.39, 0.29) is 11.8 Å².